The summed E-state index contributed by atoms with van der Waals surface area (Å²) in [6.07, 6.45) is -4.97. The highest BCUT2D eigenvalue weighted by Crippen LogP contribution is 2.39. The second-order valence-corrected chi connectivity index (χ2v) is 4.49. The third-order valence-corrected chi connectivity index (χ3v) is 3.03. The van der Waals surface area contributed by atoms with Gasteiger partial charge in [-0.25, -0.2) is 4.79 Å². The van der Waals surface area contributed by atoms with Gasteiger partial charge in [-0.3, -0.25) is 10.1 Å². The quantitative estimate of drug-likeness (QED) is 0.478. The Morgan fingerprint density at radius 3 is 2.29 bits per heavy atom. The summed E-state index contributed by atoms with van der Waals surface area (Å²) in [4.78, 5) is 22.2. The summed E-state index contributed by atoms with van der Waals surface area (Å²) in [7, 11) is 1.04. The van der Waals surface area contributed by atoms with E-state index in [9.17, 15) is 28.1 Å². The zero-order chi connectivity index (χ0) is 17.9. The van der Waals surface area contributed by atoms with Crippen molar-refractivity contribution >= 4 is 11.7 Å². The zero-order valence-corrected chi connectivity index (χ0v) is 12.2. The summed E-state index contributed by atoms with van der Waals surface area (Å²) in [5.74, 6) is -1.59. The number of para-hydroxylation sites is 2. The first-order valence-electron chi connectivity index (χ1n) is 6.45. The molecule has 0 fully saturated rings. The summed E-state index contributed by atoms with van der Waals surface area (Å²) in [5.41, 5.74) is -1.40. The molecule has 0 unspecified atom stereocenters. The Bertz CT molecular complexity index is 789. The van der Waals surface area contributed by atoms with Crippen LogP contribution in [-0.4, -0.2) is 24.4 Å². The molecule has 126 valence electrons. The molecule has 0 aliphatic rings. The van der Waals surface area contributed by atoms with Gasteiger partial charge in [-0.2, -0.15) is 0 Å². The monoisotopic (exact) mass is 341 g/mol. The van der Waals surface area contributed by atoms with Crippen molar-refractivity contribution in [2.24, 2.45) is 0 Å². The molecule has 2 aromatic carbocycles. The molecular formula is C15H10F3NO5. The van der Waals surface area contributed by atoms with E-state index in [1.54, 1.807) is 0 Å². The highest BCUT2D eigenvalue weighted by Gasteiger charge is 2.34. The van der Waals surface area contributed by atoms with Gasteiger partial charge in [0.25, 0.3) is 5.69 Å². The Hall–Kier alpha value is -3.10. The fourth-order valence-electron chi connectivity index (χ4n) is 2.14. The smallest absolute Gasteiger partial charge is 0.465 e. The molecule has 0 aliphatic carbocycles. The van der Waals surface area contributed by atoms with Gasteiger partial charge in [-0.1, -0.05) is 24.3 Å². The molecule has 0 heterocycles. The van der Waals surface area contributed by atoms with Crippen molar-refractivity contribution in [3.63, 3.8) is 0 Å². The first kappa shape index (κ1) is 17.3. The number of nitro groups is 1. The Balaban J connectivity index is 2.70. The number of benzene rings is 2. The van der Waals surface area contributed by atoms with Gasteiger partial charge in [-0.05, 0) is 18.2 Å². The maximum absolute atomic E-state index is 12.5. The number of halogens is 3. The average molecular weight is 341 g/mol. The number of nitrogens with zero attached hydrogens (tertiary/aromatic N) is 1. The molecule has 24 heavy (non-hydrogen) atoms. The van der Waals surface area contributed by atoms with Gasteiger partial charge in [-0.15, -0.1) is 13.2 Å². The minimum Gasteiger partial charge on any atom is -0.465 e. The zero-order valence-electron chi connectivity index (χ0n) is 12.2. The van der Waals surface area contributed by atoms with Crippen LogP contribution in [0.5, 0.6) is 5.75 Å². The molecule has 0 aliphatic heterocycles. The molecule has 0 amide bonds. The normalized spacial score (nSPS) is 11.0. The van der Waals surface area contributed by atoms with E-state index in [0.29, 0.717) is 0 Å². The largest absolute Gasteiger partial charge is 0.573 e. The first-order valence-corrected chi connectivity index (χ1v) is 6.45. The Labute approximate surface area is 133 Å². The summed E-state index contributed by atoms with van der Waals surface area (Å²) in [5, 5.41) is 11.4. The van der Waals surface area contributed by atoms with Gasteiger partial charge in [0.05, 0.1) is 17.6 Å². The van der Waals surface area contributed by atoms with E-state index in [0.717, 1.165) is 19.2 Å². The van der Waals surface area contributed by atoms with Crippen LogP contribution in [0.4, 0.5) is 18.9 Å². The number of carbonyl (C=O) groups excluding carboxylic acids is 1. The molecule has 2 aromatic rings. The third-order valence-electron chi connectivity index (χ3n) is 3.03. The number of ether oxygens (including phenoxy) is 2. The topological polar surface area (TPSA) is 78.7 Å². The number of rotatable bonds is 4. The van der Waals surface area contributed by atoms with Crippen molar-refractivity contribution < 1.29 is 32.4 Å². The number of carbonyl (C=O) groups is 1. The molecule has 0 aromatic heterocycles. The lowest BCUT2D eigenvalue weighted by molar-refractivity contribution is -0.384. The van der Waals surface area contributed by atoms with Crippen LogP contribution < -0.4 is 4.74 Å². The lowest BCUT2D eigenvalue weighted by Gasteiger charge is -2.14. The van der Waals surface area contributed by atoms with Crippen LogP contribution in [0.15, 0.2) is 42.5 Å². The SMILES string of the molecule is COC(=O)c1cccc(-c2ccccc2OC(F)(F)F)c1[N+](=O)[O-]. The summed E-state index contributed by atoms with van der Waals surface area (Å²) < 4.78 is 46.0. The number of alkyl halides is 3. The molecule has 0 saturated carbocycles. The van der Waals surface area contributed by atoms with Crippen molar-refractivity contribution in [1.29, 1.82) is 0 Å². The van der Waals surface area contributed by atoms with Crippen LogP contribution in [0.25, 0.3) is 11.1 Å². The fourth-order valence-corrected chi connectivity index (χ4v) is 2.14. The fraction of sp³-hybridized carbons (Fsp3) is 0.133. The Morgan fingerprint density at radius 2 is 1.71 bits per heavy atom. The van der Waals surface area contributed by atoms with E-state index < -0.39 is 28.7 Å². The molecule has 0 spiro atoms. The van der Waals surface area contributed by atoms with Crippen molar-refractivity contribution in [2.45, 2.75) is 6.36 Å². The molecule has 9 heteroatoms. The average Bonchev–Trinajstić information content (AvgIpc) is 2.52. The molecule has 0 atom stereocenters. The number of methoxy groups -OCH3 is 1. The highest BCUT2D eigenvalue weighted by molar-refractivity contribution is 5.98. The van der Waals surface area contributed by atoms with Crippen molar-refractivity contribution in [3.05, 3.63) is 58.1 Å². The number of hydrogen-bond acceptors (Lipinski definition) is 5. The van der Waals surface area contributed by atoms with Crippen LogP contribution in [-0.2, 0) is 4.74 Å². The van der Waals surface area contributed by atoms with Gasteiger partial charge in [0.2, 0.25) is 0 Å². The van der Waals surface area contributed by atoms with E-state index in [1.165, 1.54) is 30.3 Å². The molecular weight excluding hydrogens is 331 g/mol. The predicted molar refractivity (Wildman–Crippen MR) is 76.6 cm³/mol. The van der Waals surface area contributed by atoms with Crippen LogP contribution in [0.2, 0.25) is 0 Å². The van der Waals surface area contributed by atoms with Gasteiger partial charge >= 0.3 is 12.3 Å². The van der Waals surface area contributed by atoms with E-state index >= 15 is 0 Å². The van der Waals surface area contributed by atoms with Gasteiger partial charge in [0.15, 0.2) is 0 Å². The third kappa shape index (κ3) is 3.62. The lowest BCUT2D eigenvalue weighted by atomic mass is 9.99. The van der Waals surface area contributed by atoms with Crippen molar-refractivity contribution in [1.82, 2.24) is 0 Å². The van der Waals surface area contributed by atoms with Crippen LogP contribution >= 0.6 is 0 Å². The molecule has 0 N–H and O–H groups in total. The van der Waals surface area contributed by atoms with Gasteiger partial charge in [0, 0.05) is 5.56 Å². The summed E-state index contributed by atoms with van der Waals surface area (Å²) in [6, 6.07) is 8.62. The van der Waals surface area contributed by atoms with Crippen molar-refractivity contribution in [2.75, 3.05) is 7.11 Å². The molecule has 2 rings (SSSR count). The number of hydrogen-bond donors (Lipinski definition) is 0. The van der Waals surface area contributed by atoms with Gasteiger partial charge < -0.3 is 9.47 Å². The number of esters is 1. The molecule has 0 radical (unpaired) electrons. The Morgan fingerprint density at radius 1 is 1.08 bits per heavy atom. The molecule has 6 nitrogen and oxygen atoms in total. The van der Waals surface area contributed by atoms with E-state index in [4.69, 9.17) is 0 Å². The standard InChI is InChI=1S/C15H10F3NO5/c1-23-14(20)11-7-4-6-10(13(11)19(21)22)9-5-2-3-8-12(9)24-15(16,17)18/h2-8H,1H3. The second kappa shape index (κ2) is 6.57. The summed E-state index contributed by atoms with van der Waals surface area (Å²) in [6.45, 7) is 0. The minimum absolute atomic E-state index is 0.174. The summed E-state index contributed by atoms with van der Waals surface area (Å²) >= 11 is 0. The van der Waals surface area contributed by atoms with Crippen LogP contribution in [0.3, 0.4) is 0 Å². The van der Waals surface area contributed by atoms with E-state index in [1.807, 2.05) is 0 Å². The Kier molecular flexibility index (Phi) is 4.72. The minimum atomic E-state index is -4.97. The van der Waals surface area contributed by atoms with E-state index in [-0.39, 0.29) is 16.7 Å². The highest BCUT2D eigenvalue weighted by atomic mass is 19.4. The van der Waals surface area contributed by atoms with E-state index in [2.05, 4.69) is 9.47 Å². The first-order chi connectivity index (χ1) is 11.2. The lowest BCUT2D eigenvalue weighted by Crippen LogP contribution is -2.17. The second-order valence-electron chi connectivity index (χ2n) is 4.49. The maximum atomic E-state index is 12.5. The predicted octanol–water partition coefficient (Wildman–Crippen LogP) is 3.95. The van der Waals surface area contributed by atoms with Crippen LogP contribution in [0, 0.1) is 10.1 Å². The van der Waals surface area contributed by atoms with Crippen molar-refractivity contribution in [3.8, 4) is 16.9 Å². The van der Waals surface area contributed by atoms with Crippen LogP contribution in [0.1, 0.15) is 10.4 Å². The molecule has 0 saturated heterocycles. The van der Waals surface area contributed by atoms with Gasteiger partial charge in [0.1, 0.15) is 11.3 Å². The maximum Gasteiger partial charge on any atom is 0.573 e. The molecule has 0 bridgehead atoms. The number of nitro benzene ring substituents is 1.